The lowest BCUT2D eigenvalue weighted by molar-refractivity contribution is 0.0977. The largest absolute Gasteiger partial charge is 0.352 e. The summed E-state index contributed by atoms with van der Waals surface area (Å²) in [7, 11) is -3.64. The number of carbonyl (C=O) groups is 1. The number of anilines is 1. The number of sulfonamides is 1. The predicted octanol–water partition coefficient (Wildman–Crippen LogP) is 2.65. The van der Waals surface area contributed by atoms with Crippen molar-refractivity contribution < 1.29 is 13.2 Å². The average molecular weight is 419 g/mol. The van der Waals surface area contributed by atoms with Crippen molar-refractivity contribution in [3.05, 3.63) is 71.0 Å². The standard InChI is InChI=1S/C19H22N4O3S2/c1-15-17(18(24)21-28(2,25)26)20-19(27-15)23(13-12-22-10-6-7-11-22)14-16-8-4-3-5-9-16/h3-11H,12-14H2,1-2H3,(H,21,24). The van der Waals surface area contributed by atoms with Crippen molar-refractivity contribution in [2.45, 2.75) is 20.0 Å². The first-order chi connectivity index (χ1) is 13.3. The summed E-state index contributed by atoms with van der Waals surface area (Å²) in [6.07, 6.45) is 4.95. The molecule has 0 atom stereocenters. The summed E-state index contributed by atoms with van der Waals surface area (Å²) in [6.45, 7) is 3.88. The number of nitrogens with zero attached hydrogens (tertiary/aromatic N) is 3. The maximum Gasteiger partial charge on any atom is 0.284 e. The third-order valence-electron chi connectivity index (χ3n) is 4.06. The number of nitrogens with one attached hydrogen (secondary N) is 1. The fourth-order valence-electron chi connectivity index (χ4n) is 2.75. The second-order valence-corrected chi connectivity index (χ2v) is 9.36. The van der Waals surface area contributed by atoms with Gasteiger partial charge in [0.05, 0.1) is 6.26 Å². The van der Waals surface area contributed by atoms with E-state index >= 15 is 0 Å². The zero-order chi connectivity index (χ0) is 20.1. The number of hydrogen-bond acceptors (Lipinski definition) is 6. The van der Waals surface area contributed by atoms with Gasteiger partial charge in [-0.05, 0) is 24.6 Å². The van der Waals surface area contributed by atoms with Crippen LogP contribution in [0.4, 0.5) is 5.13 Å². The number of thiazole rings is 1. The van der Waals surface area contributed by atoms with Gasteiger partial charge in [0.2, 0.25) is 10.0 Å². The molecular weight excluding hydrogens is 396 g/mol. The average Bonchev–Trinajstić information content (AvgIpc) is 3.27. The van der Waals surface area contributed by atoms with Gasteiger partial charge in [0, 0.05) is 36.9 Å². The zero-order valence-corrected chi connectivity index (χ0v) is 17.3. The summed E-state index contributed by atoms with van der Waals surface area (Å²) in [5.41, 5.74) is 1.27. The SMILES string of the molecule is Cc1sc(N(CCn2cccc2)Cc2ccccc2)nc1C(=O)NS(C)(=O)=O. The van der Waals surface area contributed by atoms with E-state index in [1.807, 2.05) is 59.6 Å². The van der Waals surface area contributed by atoms with Crippen LogP contribution in [0.5, 0.6) is 0 Å². The molecule has 7 nitrogen and oxygen atoms in total. The highest BCUT2D eigenvalue weighted by molar-refractivity contribution is 7.89. The van der Waals surface area contributed by atoms with Crippen LogP contribution < -0.4 is 9.62 Å². The maximum atomic E-state index is 12.3. The Balaban J connectivity index is 1.84. The lowest BCUT2D eigenvalue weighted by Gasteiger charge is -2.22. The Morgan fingerprint density at radius 3 is 2.50 bits per heavy atom. The van der Waals surface area contributed by atoms with Gasteiger partial charge in [-0.15, -0.1) is 11.3 Å². The third-order valence-corrected chi connectivity index (χ3v) is 5.65. The minimum absolute atomic E-state index is 0.143. The molecule has 0 aliphatic rings. The third kappa shape index (κ3) is 5.43. The first-order valence-electron chi connectivity index (χ1n) is 8.71. The van der Waals surface area contributed by atoms with Gasteiger partial charge in [-0.2, -0.15) is 0 Å². The molecule has 1 N–H and O–H groups in total. The molecule has 9 heteroatoms. The van der Waals surface area contributed by atoms with Gasteiger partial charge in [-0.25, -0.2) is 18.1 Å². The summed E-state index contributed by atoms with van der Waals surface area (Å²) >= 11 is 1.38. The molecule has 0 bridgehead atoms. The molecule has 0 spiro atoms. The van der Waals surface area contributed by atoms with Crippen LogP contribution in [-0.2, 0) is 23.1 Å². The minimum Gasteiger partial charge on any atom is -0.352 e. The van der Waals surface area contributed by atoms with Crippen molar-refractivity contribution in [2.75, 3.05) is 17.7 Å². The molecule has 0 saturated heterocycles. The van der Waals surface area contributed by atoms with Crippen LogP contribution in [0.25, 0.3) is 0 Å². The smallest absolute Gasteiger partial charge is 0.284 e. The van der Waals surface area contributed by atoms with E-state index in [0.717, 1.165) is 18.4 Å². The van der Waals surface area contributed by atoms with Crippen LogP contribution in [0, 0.1) is 6.92 Å². The van der Waals surface area contributed by atoms with Gasteiger partial charge in [-0.1, -0.05) is 30.3 Å². The molecule has 148 valence electrons. The van der Waals surface area contributed by atoms with Crippen LogP contribution >= 0.6 is 11.3 Å². The van der Waals surface area contributed by atoms with Crippen molar-refractivity contribution >= 4 is 32.4 Å². The van der Waals surface area contributed by atoms with Crippen LogP contribution in [0.1, 0.15) is 20.9 Å². The number of aryl methyl sites for hydroxylation is 1. The van der Waals surface area contributed by atoms with E-state index in [9.17, 15) is 13.2 Å². The Hall–Kier alpha value is -2.65. The van der Waals surface area contributed by atoms with Crippen molar-refractivity contribution in [3.63, 3.8) is 0 Å². The zero-order valence-electron chi connectivity index (χ0n) is 15.7. The van der Waals surface area contributed by atoms with E-state index in [1.165, 1.54) is 11.3 Å². The van der Waals surface area contributed by atoms with E-state index < -0.39 is 15.9 Å². The van der Waals surface area contributed by atoms with Crippen LogP contribution in [-0.4, -0.2) is 36.7 Å². The van der Waals surface area contributed by atoms with E-state index in [2.05, 4.69) is 14.5 Å². The minimum atomic E-state index is -3.64. The molecule has 3 rings (SSSR count). The highest BCUT2D eigenvalue weighted by atomic mass is 32.2. The van der Waals surface area contributed by atoms with Crippen molar-refractivity contribution in [1.29, 1.82) is 0 Å². The topological polar surface area (TPSA) is 84.3 Å². The second-order valence-electron chi connectivity index (χ2n) is 6.43. The van der Waals surface area contributed by atoms with Crippen molar-refractivity contribution in [1.82, 2.24) is 14.3 Å². The van der Waals surface area contributed by atoms with E-state index in [4.69, 9.17) is 0 Å². The Morgan fingerprint density at radius 1 is 1.18 bits per heavy atom. The van der Waals surface area contributed by atoms with Gasteiger partial charge in [0.1, 0.15) is 5.69 Å². The predicted molar refractivity (Wildman–Crippen MR) is 111 cm³/mol. The van der Waals surface area contributed by atoms with Crippen LogP contribution in [0.3, 0.4) is 0 Å². The first-order valence-corrected chi connectivity index (χ1v) is 11.4. The number of carbonyl (C=O) groups excluding carboxylic acids is 1. The number of hydrogen-bond donors (Lipinski definition) is 1. The number of rotatable bonds is 8. The van der Waals surface area contributed by atoms with Crippen LogP contribution in [0.15, 0.2) is 54.9 Å². The molecule has 2 heterocycles. The summed E-state index contributed by atoms with van der Waals surface area (Å²) in [4.78, 5) is 19.5. The van der Waals surface area contributed by atoms with E-state index in [-0.39, 0.29) is 5.69 Å². The number of benzene rings is 1. The molecule has 0 aliphatic heterocycles. The Bertz CT molecular complexity index is 1030. The molecule has 0 fully saturated rings. The molecule has 1 amide bonds. The molecule has 0 unspecified atom stereocenters. The quantitative estimate of drug-likeness (QED) is 0.608. The van der Waals surface area contributed by atoms with Gasteiger partial charge >= 0.3 is 0 Å². The molecule has 28 heavy (non-hydrogen) atoms. The van der Waals surface area contributed by atoms with Gasteiger partial charge in [0.25, 0.3) is 5.91 Å². The molecule has 0 aliphatic carbocycles. The lowest BCUT2D eigenvalue weighted by Crippen LogP contribution is -2.30. The molecule has 0 radical (unpaired) electrons. The molecule has 2 aromatic heterocycles. The molecule has 1 aromatic carbocycles. The molecule has 3 aromatic rings. The fraction of sp³-hybridized carbons (Fsp3) is 0.263. The maximum absolute atomic E-state index is 12.3. The van der Waals surface area contributed by atoms with Gasteiger partial charge < -0.3 is 9.47 Å². The molecule has 0 saturated carbocycles. The normalized spacial score (nSPS) is 11.4. The van der Waals surface area contributed by atoms with Crippen molar-refractivity contribution in [3.8, 4) is 0 Å². The van der Waals surface area contributed by atoms with E-state index in [1.54, 1.807) is 6.92 Å². The Labute approximate surface area is 168 Å². The summed E-state index contributed by atoms with van der Waals surface area (Å²) in [5, 5.41) is 0.687. The first kappa shape index (κ1) is 20.1. The summed E-state index contributed by atoms with van der Waals surface area (Å²) in [6, 6.07) is 14.0. The number of amides is 1. The number of aromatic nitrogens is 2. The highest BCUT2D eigenvalue weighted by Crippen LogP contribution is 2.27. The highest BCUT2D eigenvalue weighted by Gasteiger charge is 2.21. The van der Waals surface area contributed by atoms with E-state index in [0.29, 0.717) is 23.1 Å². The van der Waals surface area contributed by atoms with Gasteiger partial charge in [-0.3, -0.25) is 4.79 Å². The Kier molecular flexibility index (Phi) is 6.15. The van der Waals surface area contributed by atoms with Gasteiger partial charge in [0.15, 0.2) is 5.13 Å². The monoisotopic (exact) mass is 418 g/mol. The second kappa shape index (κ2) is 8.57. The van der Waals surface area contributed by atoms with Crippen LogP contribution in [0.2, 0.25) is 0 Å². The van der Waals surface area contributed by atoms with Crippen molar-refractivity contribution in [2.24, 2.45) is 0 Å². The fourth-order valence-corrected chi connectivity index (χ4v) is 4.11. The Morgan fingerprint density at radius 2 is 1.86 bits per heavy atom. The lowest BCUT2D eigenvalue weighted by atomic mass is 10.2. The molecular formula is C19H22N4O3S2. The summed E-state index contributed by atoms with van der Waals surface area (Å²) in [5.74, 6) is -0.701. The summed E-state index contributed by atoms with van der Waals surface area (Å²) < 4.78 is 26.8.